The van der Waals surface area contributed by atoms with Crippen LogP contribution in [0.5, 0.6) is 0 Å². The molecule has 0 fully saturated rings. The van der Waals surface area contributed by atoms with Crippen LogP contribution in [-0.4, -0.2) is 17.6 Å². The number of hydrogen-bond donors (Lipinski definition) is 0. The molecular weight excluding hydrogens is 300 g/mol. The average molecular weight is 322 g/mol. The summed E-state index contributed by atoms with van der Waals surface area (Å²) >= 11 is 0. The zero-order chi connectivity index (χ0) is 17.1. The second-order valence-electron chi connectivity index (χ2n) is 5.96. The van der Waals surface area contributed by atoms with Crippen molar-refractivity contribution >= 4 is 22.6 Å². The van der Waals surface area contributed by atoms with E-state index in [-0.39, 0.29) is 12.3 Å². The lowest BCUT2D eigenvalue weighted by atomic mass is 10.1. The minimum atomic E-state index is 0.0263. The largest absolute Gasteiger partial charge is 0.356 e. The summed E-state index contributed by atoms with van der Waals surface area (Å²) in [5.41, 5.74) is 4.73. The van der Waals surface area contributed by atoms with Crippen molar-refractivity contribution in [3.8, 4) is 0 Å². The highest BCUT2D eigenvalue weighted by Gasteiger charge is 2.18. The predicted molar refractivity (Wildman–Crippen MR) is 96.3 cm³/mol. The molecule has 0 saturated heterocycles. The zero-order valence-corrected chi connectivity index (χ0v) is 14.4. The summed E-state index contributed by atoms with van der Waals surface area (Å²) in [6.45, 7) is 6.75. The van der Waals surface area contributed by atoms with E-state index in [0.29, 0.717) is 12.2 Å². The van der Waals surface area contributed by atoms with E-state index in [1.807, 2.05) is 44.2 Å². The summed E-state index contributed by atoms with van der Waals surface area (Å²) in [6, 6.07) is 14.0. The first-order valence-electron chi connectivity index (χ1n) is 8.36. The summed E-state index contributed by atoms with van der Waals surface area (Å²) in [5.74, 6) is 0.0263. The molecule has 0 aliphatic rings. The average Bonchev–Trinajstić information content (AvgIpc) is 2.98. The van der Waals surface area contributed by atoms with Crippen LogP contribution in [0.25, 0.3) is 11.0 Å². The Hall–Kier alpha value is -2.62. The van der Waals surface area contributed by atoms with Crippen molar-refractivity contribution in [2.24, 2.45) is 0 Å². The van der Waals surface area contributed by atoms with Gasteiger partial charge in [0.15, 0.2) is 5.58 Å². The molecule has 1 aromatic heterocycles. The Morgan fingerprint density at radius 3 is 2.54 bits per heavy atom. The van der Waals surface area contributed by atoms with E-state index >= 15 is 0 Å². The lowest BCUT2D eigenvalue weighted by Crippen LogP contribution is -2.32. The molecule has 0 aliphatic carbocycles. The van der Waals surface area contributed by atoms with E-state index in [9.17, 15) is 4.79 Å². The third-order valence-corrected chi connectivity index (χ3v) is 4.29. The van der Waals surface area contributed by atoms with Crippen LogP contribution in [0.15, 0.2) is 47.0 Å². The van der Waals surface area contributed by atoms with Crippen LogP contribution in [0, 0.1) is 6.92 Å². The molecule has 0 aliphatic heterocycles. The normalized spacial score (nSPS) is 11.0. The number of rotatable bonds is 5. The van der Waals surface area contributed by atoms with Crippen LogP contribution in [0.3, 0.4) is 0 Å². The fraction of sp³-hybridized carbons (Fsp3) is 0.300. The maximum Gasteiger partial charge on any atom is 0.233 e. The number of carbonyl (C=O) groups excluding carboxylic acids is 1. The molecule has 1 amide bonds. The highest BCUT2D eigenvalue weighted by atomic mass is 16.5. The highest BCUT2D eigenvalue weighted by molar-refractivity contribution is 5.96. The second-order valence-corrected chi connectivity index (χ2v) is 5.96. The standard InChI is InChI=1S/C20H22N2O2/c1-4-15-7-9-16(10-8-15)22(5-2)20(23)13-18-17-12-14(3)6-11-19(17)24-21-18/h6-12H,4-5,13H2,1-3H3. The van der Waals surface area contributed by atoms with Gasteiger partial charge >= 0.3 is 0 Å². The van der Waals surface area contributed by atoms with Crippen molar-refractivity contribution in [3.05, 3.63) is 59.3 Å². The van der Waals surface area contributed by atoms with Crippen LogP contribution in [0.4, 0.5) is 5.69 Å². The first kappa shape index (κ1) is 16.2. The van der Waals surface area contributed by atoms with Crippen molar-refractivity contribution in [3.63, 3.8) is 0 Å². The van der Waals surface area contributed by atoms with E-state index in [2.05, 4.69) is 24.2 Å². The minimum absolute atomic E-state index is 0.0263. The van der Waals surface area contributed by atoms with E-state index < -0.39 is 0 Å². The van der Waals surface area contributed by atoms with Crippen molar-refractivity contribution in [1.82, 2.24) is 5.16 Å². The third kappa shape index (κ3) is 3.18. The van der Waals surface area contributed by atoms with E-state index in [0.717, 1.165) is 28.6 Å². The Morgan fingerprint density at radius 1 is 1.12 bits per heavy atom. The molecule has 1 heterocycles. The number of fused-ring (bicyclic) bond motifs is 1. The van der Waals surface area contributed by atoms with Gasteiger partial charge in [-0.15, -0.1) is 0 Å². The topological polar surface area (TPSA) is 46.3 Å². The molecule has 24 heavy (non-hydrogen) atoms. The minimum Gasteiger partial charge on any atom is -0.356 e. The lowest BCUT2D eigenvalue weighted by Gasteiger charge is -2.21. The second kappa shape index (κ2) is 6.87. The Kier molecular flexibility index (Phi) is 4.65. The van der Waals surface area contributed by atoms with Crippen LogP contribution in [0.1, 0.15) is 30.7 Å². The molecule has 0 bridgehead atoms. The molecule has 0 radical (unpaired) electrons. The Morgan fingerprint density at radius 2 is 1.88 bits per heavy atom. The summed E-state index contributed by atoms with van der Waals surface area (Å²) < 4.78 is 5.33. The summed E-state index contributed by atoms with van der Waals surface area (Å²) in [5, 5.41) is 5.01. The van der Waals surface area contributed by atoms with Gasteiger partial charge in [0.25, 0.3) is 0 Å². The van der Waals surface area contributed by atoms with Gasteiger partial charge in [0.05, 0.1) is 6.42 Å². The van der Waals surface area contributed by atoms with Crippen LogP contribution < -0.4 is 4.90 Å². The molecule has 0 N–H and O–H groups in total. The SMILES string of the molecule is CCc1ccc(N(CC)C(=O)Cc2noc3ccc(C)cc23)cc1. The first-order valence-corrected chi connectivity index (χ1v) is 8.36. The van der Waals surface area contributed by atoms with Crippen LogP contribution in [0.2, 0.25) is 0 Å². The summed E-state index contributed by atoms with van der Waals surface area (Å²) in [7, 11) is 0. The molecule has 3 rings (SSSR count). The van der Waals surface area contributed by atoms with E-state index in [4.69, 9.17) is 4.52 Å². The summed E-state index contributed by atoms with van der Waals surface area (Å²) in [6.07, 6.45) is 1.23. The molecular formula is C20H22N2O2. The summed E-state index contributed by atoms with van der Waals surface area (Å²) in [4.78, 5) is 14.6. The smallest absolute Gasteiger partial charge is 0.233 e. The maximum atomic E-state index is 12.8. The predicted octanol–water partition coefficient (Wildman–Crippen LogP) is 4.29. The number of hydrogen-bond acceptors (Lipinski definition) is 3. The van der Waals surface area contributed by atoms with Crippen LogP contribution >= 0.6 is 0 Å². The quantitative estimate of drug-likeness (QED) is 0.704. The van der Waals surface area contributed by atoms with Gasteiger partial charge in [0, 0.05) is 17.6 Å². The molecule has 4 nitrogen and oxygen atoms in total. The molecule has 0 atom stereocenters. The first-order chi connectivity index (χ1) is 11.6. The number of aromatic nitrogens is 1. The van der Waals surface area contributed by atoms with Gasteiger partial charge in [0.1, 0.15) is 5.69 Å². The third-order valence-electron chi connectivity index (χ3n) is 4.29. The number of amides is 1. The van der Waals surface area contributed by atoms with E-state index in [1.54, 1.807) is 4.90 Å². The van der Waals surface area contributed by atoms with Crippen molar-refractivity contribution in [2.75, 3.05) is 11.4 Å². The van der Waals surface area contributed by atoms with Crippen molar-refractivity contribution in [2.45, 2.75) is 33.6 Å². The molecule has 2 aromatic carbocycles. The Labute approximate surface area is 142 Å². The monoisotopic (exact) mass is 322 g/mol. The van der Waals surface area contributed by atoms with Gasteiger partial charge in [0.2, 0.25) is 5.91 Å². The fourth-order valence-corrected chi connectivity index (χ4v) is 2.88. The van der Waals surface area contributed by atoms with Gasteiger partial charge in [-0.3, -0.25) is 4.79 Å². The molecule has 0 saturated carbocycles. The van der Waals surface area contributed by atoms with Gasteiger partial charge in [-0.1, -0.05) is 35.8 Å². The van der Waals surface area contributed by atoms with Gasteiger partial charge in [-0.2, -0.15) is 0 Å². The lowest BCUT2D eigenvalue weighted by molar-refractivity contribution is -0.118. The fourth-order valence-electron chi connectivity index (χ4n) is 2.88. The molecule has 0 spiro atoms. The number of benzene rings is 2. The van der Waals surface area contributed by atoms with Gasteiger partial charge in [-0.25, -0.2) is 0 Å². The Bertz CT molecular complexity index is 850. The van der Waals surface area contributed by atoms with Crippen molar-refractivity contribution < 1.29 is 9.32 Å². The molecule has 3 aromatic rings. The molecule has 0 unspecified atom stereocenters. The highest BCUT2D eigenvalue weighted by Crippen LogP contribution is 2.22. The van der Waals surface area contributed by atoms with Gasteiger partial charge < -0.3 is 9.42 Å². The number of nitrogens with zero attached hydrogens (tertiary/aromatic N) is 2. The van der Waals surface area contributed by atoms with Crippen LogP contribution in [-0.2, 0) is 17.6 Å². The molecule has 124 valence electrons. The number of carbonyl (C=O) groups is 1. The number of anilines is 1. The number of aryl methyl sites for hydroxylation is 2. The van der Waals surface area contributed by atoms with Gasteiger partial charge in [-0.05, 0) is 50.1 Å². The van der Waals surface area contributed by atoms with E-state index in [1.165, 1.54) is 5.56 Å². The number of likely N-dealkylation sites (N-methyl/N-ethyl adjacent to an activating group) is 1. The zero-order valence-electron chi connectivity index (χ0n) is 14.4. The molecule has 4 heteroatoms. The maximum absolute atomic E-state index is 12.8. The van der Waals surface area contributed by atoms with Crippen molar-refractivity contribution in [1.29, 1.82) is 0 Å². The Balaban J connectivity index is 1.84.